The minimum atomic E-state index is -0.877. The Labute approximate surface area is 123 Å². The summed E-state index contributed by atoms with van der Waals surface area (Å²) in [4.78, 5) is 25.9. The minimum absolute atomic E-state index is 0.118. The van der Waals surface area contributed by atoms with Crippen LogP contribution in [0.4, 0.5) is 0 Å². The SMILES string of the molecule is CCCc1occc1C(=O)N1CC2CCCC2C1C(=O)O. The second-order valence-corrected chi connectivity index (χ2v) is 6.10. The lowest BCUT2D eigenvalue weighted by Gasteiger charge is -2.24. The molecule has 0 radical (unpaired) electrons. The Bertz CT molecular complexity index is 550. The van der Waals surface area contributed by atoms with Gasteiger partial charge >= 0.3 is 5.97 Å². The molecule has 0 spiro atoms. The molecule has 3 rings (SSSR count). The van der Waals surface area contributed by atoms with Crippen LogP contribution in [0.5, 0.6) is 0 Å². The molecule has 3 unspecified atom stereocenters. The third-order valence-corrected chi connectivity index (χ3v) is 4.86. The van der Waals surface area contributed by atoms with Gasteiger partial charge in [-0.15, -0.1) is 0 Å². The van der Waals surface area contributed by atoms with Crippen LogP contribution >= 0.6 is 0 Å². The summed E-state index contributed by atoms with van der Waals surface area (Å²) in [6.45, 7) is 2.59. The average Bonchev–Trinajstić information content (AvgIpc) is 3.11. The van der Waals surface area contributed by atoms with Crippen LogP contribution in [0.1, 0.15) is 48.7 Å². The van der Waals surface area contributed by atoms with Crippen molar-refractivity contribution < 1.29 is 19.1 Å². The Balaban J connectivity index is 1.86. The highest BCUT2D eigenvalue weighted by Crippen LogP contribution is 2.42. The first-order chi connectivity index (χ1) is 10.1. The van der Waals surface area contributed by atoms with E-state index in [4.69, 9.17) is 4.42 Å². The highest BCUT2D eigenvalue weighted by Gasteiger charge is 2.49. The lowest BCUT2D eigenvalue weighted by molar-refractivity contribution is -0.142. The summed E-state index contributed by atoms with van der Waals surface area (Å²) in [5.74, 6) is 0.0699. The second kappa shape index (κ2) is 5.54. The number of fused-ring (bicyclic) bond motifs is 1. The molecular formula is C16H21NO4. The number of carbonyl (C=O) groups excluding carboxylic acids is 1. The van der Waals surface area contributed by atoms with Gasteiger partial charge in [0.15, 0.2) is 0 Å². The number of carboxylic acids is 1. The van der Waals surface area contributed by atoms with Crippen LogP contribution in [0.2, 0.25) is 0 Å². The number of carboxylic acid groups (broad SMARTS) is 1. The van der Waals surface area contributed by atoms with Gasteiger partial charge in [-0.05, 0) is 37.2 Å². The van der Waals surface area contributed by atoms with E-state index in [1.165, 1.54) is 6.26 Å². The van der Waals surface area contributed by atoms with Crippen LogP contribution in [0.3, 0.4) is 0 Å². The van der Waals surface area contributed by atoms with Crippen LogP contribution in [0, 0.1) is 11.8 Å². The number of amides is 1. The van der Waals surface area contributed by atoms with Crippen molar-refractivity contribution in [1.82, 2.24) is 4.90 Å². The van der Waals surface area contributed by atoms with Gasteiger partial charge in [0.05, 0.1) is 11.8 Å². The fourth-order valence-electron chi connectivity index (χ4n) is 3.94. The van der Waals surface area contributed by atoms with E-state index in [1.807, 2.05) is 6.92 Å². The topological polar surface area (TPSA) is 70.8 Å². The Morgan fingerprint density at radius 3 is 2.95 bits per heavy atom. The molecule has 2 fully saturated rings. The molecule has 2 aliphatic rings. The van der Waals surface area contributed by atoms with Gasteiger partial charge in [0.2, 0.25) is 0 Å². The highest BCUT2D eigenvalue weighted by molar-refractivity contribution is 5.98. The molecule has 114 valence electrons. The summed E-state index contributed by atoms with van der Waals surface area (Å²) in [7, 11) is 0. The Hall–Kier alpha value is -1.78. The second-order valence-electron chi connectivity index (χ2n) is 6.10. The van der Waals surface area contributed by atoms with Crippen molar-refractivity contribution in [2.45, 2.75) is 45.1 Å². The number of furan rings is 1. The molecule has 0 aromatic carbocycles. The fraction of sp³-hybridized carbons (Fsp3) is 0.625. The first-order valence-electron chi connectivity index (χ1n) is 7.73. The van der Waals surface area contributed by atoms with E-state index in [9.17, 15) is 14.7 Å². The highest BCUT2D eigenvalue weighted by atomic mass is 16.4. The number of rotatable bonds is 4. The number of hydrogen-bond acceptors (Lipinski definition) is 3. The summed E-state index contributed by atoms with van der Waals surface area (Å²) >= 11 is 0. The van der Waals surface area contributed by atoms with Crippen molar-refractivity contribution in [3.05, 3.63) is 23.7 Å². The fourth-order valence-corrected chi connectivity index (χ4v) is 3.94. The first-order valence-corrected chi connectivity index (χ1v) is 7.73. The lowest BCUT2D eigenvalue weighted by atomic mass is 9.94. The monoisotopic (exact) mass is 291 g/mol. The molecule has 21 heavy (non-hydrogen) atoms. The van der Waals surface area contributed by atoms with Crippen LogP contribution in [0.25, 0.3) is 0 Å². The molecule has 1 saturated carbocycles. The number of aliphatic carboxylic acids is 1. The molecule has 1 amide bonds. The molecule has 1 aliphatic carbocycles. The van der Waals surface area contributed by atoms with Gasteiger partial charge in [-0.1, -0.05) is 13.3 Å². The van der Waals surface area contributed by atoms with Crippen LogP contribution in [-0.4, -0.2) is 34.5 Å². The van der Waals surface area contributed by atoms with Gasteiger partial charge in [0.25, 0.3) is 5.91 Å². The van der Waals surface area contributed by atoms with Gasteiger partial charge in [-0.3, -0.25) is 4.79 Å². The van der Waals surface area contributed by atoms with Gasteiger partial charge in [-0.2, -0.15) is 0 Å². The Morgan fingerprint density at radius 2 is 2.24 bits per heavy atom. The normalized spacial score (nSPS) is 27.9. The molecular weight excluding hydrogens is 270 g/mol. The number of nitrogens with zero attached hydrogens (tertiary/aromatic N) is 1. The molecule has 1 N–H and O–H groups in total. The quantitative estimate of drug-likeness (QED) is 0.925. The zero-order chi connectivity index (χ0) is 15.0. The predicted octanol–water partition coefficient (Wildman–Crippen LogP) is 2.56. The maximum absolute atomic E-state index is 12.8. The Kier molecular flexibility index (Phi) is 3.74. The van der Waals surface area contributed by atoms with E-state index in [-0.39, 0.29) is 11.8 Å². The van der Waals surface area contributed by atoms with E-state index in [1.54, 1.807) is 11.0 Å². The number of carbonyl (C=O) groups is 2. The van der Waals surface area contributed by atoms with E-state index >= 15 is 0 Å². The predicted molar refractivity (Wildman–Crippen MR) is 76.0 cm³/mol. The first kappa shape index (κ1) is 14.2. The number of likely N-dealkylation sites (tertiary alicyclic amines) is 1. The van der Waals surface area contributed by atoms with Crippen LogP contribution < -0.4 is 0 Å². The van der Waals surface area contributed by atoms with Crippen molar-refractivity contribution in [2.24, 2.45) is 11.8 Å². The van der Waals surface area contributed by atoms with Crippen LogP contribution in [-0.2, 0) is 11.2 Å². The number of aryl methyl sites for hydroxylation is 1. The van der Waals surface area contributed by atoms with E-state index in [0.717, 1.165) is 25.7 Å². The molecule has 1 aromatic rings. The third-order valence-electron chi connectivity index (χ3n) is 4.86. The number of hydrogen-bond donors (Lipinski definition) is 1. The molecule has 1 aromatic heterocycles. The summed E-state index contributed by atoms with van der Waals surface area (Å²) in [5.41, 5.74) is 0.531. The minimum Gasteiger partial charge on any atom is -0.480 e. The van der Waals surface area contributed by atoms with Crippen molar-refractivity contribution >= 4 is 11.9 Å². The smallest absolute Gasteiger partial charge is 0.326 e. The van der Waals surface area contributed by atoms with E-state index in [0.29, 0.717) is 30.2 Å². The maximum Gasteiger partial charge on any atom is 0.326 e. The molecule has 2 heterocycles. The van der Waals surface area contributed by atoms with Gasteiger partial charge in [0.1, 0.15) is 11.8 Å². The van der Waals surface area contributed by atoms with E-state index in [2.05, 4.69) is 0 Å². The lowest BCUT2D eigenvalue weighted by Crippen LogP contribution is -2.43. The standard InChI is InChI=1S/C16H21NO4/c1-2-4-13-12(7-8-21-13)15(18)17-9-10-5-3-6-11(10)14(17)16(19)20/h7-8,10-11,14H,2-6,9H2,1H3,(H,19,20). The molecule has 3 atom stereocenters. The van der Waals surface area contributed by atoms with Gasteiger partial charge in [0, 0.05) is 13.0 Å². The van der Waals surface area contributed by atoms with Crippen molar-refractivity contribution in [3.63, 3.8) is 0 Å². The van der Waals surface area contributed by atoms with Gasteiger partial charge in [-0.25, -0.2) is 4.79 Å². The molecule has 1 saturated heterocycles. The average molecular weight is 291 g/mol. The zero-order valence-electron chi connectivity index (χ0n) is 12.2. The summed E-state index contributed by atoms with van der Waals surface area (Å²) in [6.07, 6.45) is 6.14. The molecule has 5 heteroatoms. The van der Waals surface area contributed by atoms with Crippen molar-refractivity contribution in [1.29, 1.82) is 0 Å². The molecule has 1 aliphatic heterocycles. The Morgan fingerprint density at radius 1 is 1.43 bits per heavy atom. The van der Waals surface area contributed by atoms with Crippen molar-refractivity contribution in [2.75, 3.05) is 6.54 Å². The molecule has 5 nitrogen and oxygen atoms in total. The summed E-state index contributed by atoms with van der Waals surface area (Å²) < 4.78 is 5.38. The van der Waals surface area contributed by atoms with Crippen molar-refractivity contribution in [3.8, 4) is 0 Å². The van der Waals surface area contributed by atoms with Crippen LogP contribution in [0.15, 0.2) is 16.7 Å². The molecule has 0 bridgehead atoms. The van der Waals surface area contributed by atoms with E-state index < -0.39 is 12.0 Å². The summed E-state index contributed by atoms with van der Waals surface area (Å²) in [6, 6.07) is 0.995. The van der Waals surface area contributed by atoms with Gasteiger partial charge < -0.3 is 14.4 Å². The maximum atomic E-state index is 12.8. The summed E-state index contributed by atoms with van der Waals surface area (Å²) in [5, 5.41) is 9.53. The third kappa shape index (κ3) is 2.34. The largest absolute Gasteiger partial charge is 0.480 e. The zero-order valence-corrected chi connectivity index (χ0v) is 12.2.